The van der Waals surface area contributed by atoms with Gasteiger partial charge in [0, 0.05) is 43.3 Å². The third-order valence-electron chi connectivity index (χ3n) is 4.01. The highest BCUT2D eigenvalue weighted by molar-refractivity contribution is 7.89. The fourth-order valence-electron chi connectivity index (χ4n) is 2.31. The van der Waals surface area contributed by atoms with Crippen molar-refractivity contribution in [1.82, 2.24) is 9.62 Å². The van der Waals surface area contributed by atoms with E-state index in [-0.39, 0.29) is 29.7 Å². The topological polar surface area (TPSA) is 95.6 Å². The average Bonchev–Trinajstić information content (AvgIpc) is 2.63. The van der Waals surface area contributed by atoms with Gasteiger partial charge in [0.25, 0.3) is 5.91 Å². The van der Waals surface area contributed by atoms with Gasteiger partial charge in [0.05, 0.1) is 4.90 Å². The fraction of sp³-hybridized carbons (Fsp3) is 0.263. The molecule has 0 fully saturated rings. The second-order valence-corrected chi connectivity index (χ2v) is 8.91. The van der Waals surface area contributed by atoms with E-state index < -0.39 is 10.0 Å². The van der Waals surface area contributed by atoms with Crippen LogP contribution in [0.5, 0.6) is 0 Å². The maximum atomic E-state index is 12.2. The van der Waals surface area contributed by atoms with Gasteiger partial charge in [-0.2, -0.15) is 0 Å². The second-order valence-electron chi connectivity index (χ2n) is 6.33. The summed E-state index contributed by atoms with van der Waals surface area (Å²) >= 11 is 5.78. The summed E-state index contributed by atoms with van der Waals surface area (Å²) in [6.45, 7) is 1.91. The summed E-state index contributed by atoms with van der Waals surface area (Å²) in [7, 11) is -0.716. The van der Waals surface area contributed by atoms with E-state index in [4.69, 9.17) is 11.6 Å². The van der Waals surface area contributed by atoms with Gasteiger partial charge in [-0.15, -0.1) is 0 Å². The molecule has 0 aliphatic carbocycles. The van der Waals surface area contributed by atoms with Crippen LogP contribution in [0.2, 0.25) is 5.02 Å². The van der Waals surface area contributed by atoms with Crippen molar-refractivity contribution < 1.29 is 18.0 Å². The average molecular weight is 424 g/mol. The molecule has 2 aromatic rings. The Labute approximate surface area is 169 Å². The van der Waals surface area contributed by atoms with Gasteiger partial charge in [-0.3, -0.25) is 9.59 Å². The minimum Gasteiger partial charge on any atom is -0.352 e. The quantitative estimate of drug-likeness (QED) is 0.715. The summed E-state index contributed by atoms with van der Waals surface area (Å²) < 4.78 is 25.6. The maximum absolute atomic E-state index is 12.2. The van der Waals surface area contributed by atoms with Crippen molar-refractivity contribution in [2.45, 2.75) is 18.2 Å². The van der Waals surface area contributed by atoms with Gasteiger partial charge in [-0.1, -0.05) is 17.7 Å². The minimum absolute atomic E-state index is 0.0451. The number of aryl methyl sites for hydroxylation is 1. The lowest BCUT2D eigenvalue weighted by Gasteiger charge is -2.14. The first-order chi connectivity index (χ1) is 13.1. The first-order valence-corrected chi connectivity index (χ1v) is 10.3. The second kappa shape index (κ2) is 9.18. The van der Waals surface area contributed by atoms with Crippen molar-refractivity contribution in [3.63, 3.8) is 0 Å². The van der Waals surface area contributed by atoms with Gasteiger partial charge in [0.2, 0.25) is 15.9 Å². The molecule has 0 aliphatic rings. The number of halogens is 1. The molecule has 0 radical (unpaired) electrons. The van der Waals surface area contributed by atoms with Crippen molar-refractivity contribution in [2.75, 3.05) is 26.0 Å². The van der Waals surface area contributed by atoms with E-state index in [1.54, 1.807) is 37.3 Å². The molecule has 0 unspecified atom stereocenters. The predicted molar refractivity (Wildman–Crippen MR) is 109 cm³/mol. The van der Waals surface area contributed by atoms with Crippen LogP contribution in [0.3, 0.4) is 0 Å². The Morgan fingerprint density at radius 1 is 1.07 bits per heavy atom. The van der Waals surface area contributed by atoms with E-state index in [2.05, 4.69) is 10.6 Å². The summed E-state index contributed by atoms with van der Waals surface area (Å²) in [5.74, 6) is -0.640. The molecule has 0 spiro atoms. The van der Waals surface area contributed by atoms with Crippen LogP contribution >= 0.6 is 11.6 Å². The van der Waals surface area contributed by atoms with Gasteiger partial charge >= 0.3 is 0 Å². The van der Waals surface area contributed by atoms with Gasteiger partial charge in [0.1, 0.15) is 0 Å². The molecule has 0 aromatic heterocycles. The predicted octanol–water partition coefficient (Wildman–Crippen LogP) is 2.66. The number of nitrogens with one attached hydrogen (secondary N) is 2. The van der Waals surface area contributed by atoms with E-state index >= 15 is 0 Å². The van der Waals surface area contributed by atoms with E-state index in [9.17, 15) is 18.0 Å². The lowest BCUT2D eigenvalue weighted by Crippen LogP contribution is -2.27. The molecule has 150 valence electrons. The highest BCUT2D eigenvalue weighted by atomic mass is 35.5. The molecule has 9 heteroatoms. The van der Waals surface area contributed by atoms with Crippen LogP contribution in [0.15, 0.2) is 47.4 Å². The number of hydrogen-bond donors (Lipinski definition) is 2. The van der Waals surface area contributed by atoms with Crippen LogP contribution in [0.1, 0.15) is 22.3 Å². The maximum Gasteiger partial charge on any atom is 0.251 e. The zero-order valence-corrected chi connectivity index (χ0v) is 17.4. The Morgan fingerprint density at radius 3 is 2.32 bits per heavy atom. The number of benzene rings is 2. The molecule has 2 amide bonds. The SMILES string of the molecule is Cc1ccc(S(=O)(=O)N(C)C)cc1NC(=O)CCNC(=O)c1ccc(Cl)cc1. The summed E-state index contributed by atoms with van der Waals surface area (Å²) in [4.78, 5) is 24.3. The summed E-state index contributed by atoms with van der Waals surface area (Å²) in [6, 6.07) is 11.0. The number of sulfonamides is 1. The largest absolute Gasteiger partial charge is 0.352 e. The number of nitrogens with zero attached hydrogens (tertiary/aromatic N) is 1. The Balaban J connectivity index is 1.96. The Hall–Kier alpha value is -2.42. The number of anilines is 1. The fourth-order valence-corrected chi connectivity index (χ4v) is 3.37. The van der Waals surface area contributed by atoms with E-state index in [1.807, 2.05) is 0 Å². The van der Waals surface area contributed by atoms with Crippen LogP contribution < -0.4 is 10.6 Å². The Bertz CT molecular complexity index is 973. The first kappa shape index (κ1) is 21.9. The number of rotatable bonds is 7. The Kier molecular flexibility index (Phi) is 7.17. The molecule has 0 aliphatic heterocycles. The van der Waals surface area contributed by atoms with Gasteiger partial charge in [-0.05, 0) is 48.9 Å². The van der Waals surface area contributed by atoms with E-state index in [0.29, 0.717) is 16.3 Å². The van der Waals surface area contributed by atoms with E-state index in [1.165, 1.54) is 26.2 Å². The van der Waals surface area contributed by atoms with Crippen LogP contribution in [0, 0.1) is 6.92 Å². The molecular formula is C19H22ClN3O4S. The zero-order valence-electron chi connectivity index (χ0n) is 15.8. The number of amides is 2. The number of carbonyl (C=O) groups is 2. The molecule has 0 atom stereocenters. The van der Waals surface area contributed by atoms with Crippen LogP contribution in [0.25, 0.3) is 0 Å². The molecule has 0 saturated heterocycles. The molecule has 2 N–H and O–H groups in total. The molecule has 0 saturated carbocycles. The normalized spacial score (nSPS) is 11.3. The van der Waals surface area contributed by atoms with Crippen LogP contribution in [-0.4, -0.2) is 45.2 Å². The third-order valence-corrected chi connectivity index (χ3v) is 6.07. The standard InChI is InChI=1S/C19H22ClN3O4S/c1-13-4-9-16(28(26,27)23(2)3)12-17(13)22-18(24)10-11-21-19(25)14-5-7-15(20)8-6-14/h4-9,12H,10-11H2,1-3H3,(H,21,25)(H,22,24). The summed E-state index contributed by atoms with van der Waals surface area (Å²) in [5.41, 5.74) is 1.59. The third kappa shape index (κ3) is 5.54. The molecule has 7 nitrogen and oxygen atoms in total. The van der Waals surface area contributed by atoms with E-state index in [0.717, 1.165) is 9.87 Å². The molecule has 2 aromatic carbocycles. The monoisotopic (exact) mass is 423 g/mol. The van der Waals surface area contributed by atoms with Gasteiger partial charge in [-0.25, -0.2) is 12.7 Å². The Morgan fingerprint density at radius 2 is 1.71 bits per heavy atom. The van der Waals surface area contributed by atoms with Gasteiger partial charge < -0.3 is 10.6 Å². The molecule has 2 rings (SSSR count). The minimum atomic E-state index is -3.60. The van der Waals surface area contributed by atoms with Gasteiger partial charge in [0.15, 0.2) is 0 Å². The summed E-state index contributed by atoms with van der Waals surface area (Å²) in [5, 5.41) is 5.88. The van der Waals surface area contributed by atoms with Crippen molar-refractivity contribution in [2.24, 2.45) is 0 Å². The number of carbonyl (C=O) groups excluding carboxylic acids is 2. The van der Waals surface area contributed by atoms with Crippen molar-refractivity contribution in [1.29, 1.82) is 0 Å². The zero-order chi connectivity index (χ0) is 20.9. The van der Waals surface area contributed by atoms with Crippen molar-refractivity contribution >= 4 is 39.1 Å². The number of hydrogen-bond acceptors (Lipinski definition) is 4. The molecule has 28 heavy (non-hydrogen) atoms. The molecular weight excluding hydrogens is 402 g/mol. The summed E-state index contributed by atoms with van der Waals surface area (Å²) in [6.07, 6.45) is 0.0451. The van der Waals surface area contributed by atoms with Crippen LogP contribution in [0.4, 0.5) is 5.69 Å². The molecule has 0 heterocycles. The van der Waals surface area contributed by atoms with Crippen molar-refractivity contribution in [3.05, 3.63) is 58.6 Å². The first-order valence-electron chi connectivity index (χ1n) is 8.48. The highest BCUT2D eigenvalue weighted by Gasteiger charge is 2.18. The lowest BCUT2D eigenvalue weighted by atomic mass is 10.2. The lowest BCUT2D eigenvalue weighted by molar-refractivity contribution is -0.116. The molecule has 0 bridgehead atoms. The van der Waals surface area contributed by atoms with Crippen LogP contribution in [-0.2, 0) is 14.8 Å². The van der Waals surface area contributed by atoms with Crippen molar-refractivity contribution in [3.8, 4) is 0 Å². The smallest absolute Gasteiger partial charge is 0.251 e. The highest BCUT2D eigenvalue weighted by Crippen LogP contribution is 2.22.